The Morgan fingerprint density at radius 2 is 1.04 bits per heavy atom. The molecule has 128 valence electrons. The number of rotatable bonds is 2. The van der Waals surface area contributed by atoms with E-state index in [0.29, 0.717) is 12.1 Å². The van der Waals surface area contributed by atoms with Gasteiger partial charge in [-0.2, -0.15) is 26.3 Å². The Labute approximate surface area is 133 Å². The number of carbonyl (C=O) groups is 1. The molecule has 1 nitrogen and oxygen atoms in total. The molecule has 0 aromatic heterocycles. The van der Waals surface area contributed by atoms with Crippen molar-refractivity contribution in [3.8, 4) is 0 Å². The van der Waals surface area contributed by atoms with E-state index in [0.717, 1.165) is 12.1 Å². The Kier molecular flexibility index (Phi) is 4.48. The van der Waals surface area contributed by atoms with Crippen molar-refractivity contribution < 1.29 is 31.1 Å². The molecule has 0 bridgehead atoms. The first-order valence-electron chi connectivity index (χ1n) is 6.81. The van der Waals surface area contributed by atoms with Crippen molar-refractivity contribution in [1.29, 1.82) is 0 Å². The molecule has 0 fully saturated rings. The Morgan fingerprint density at radius 3 is 1.33 bits per heavy atom. The van der Waals surface area contributed by atoms with Gasteiger partial charge in [0, 0.05) is 11.1 Å². The number of aryl methyl sites for hydroxylation is 2. The normalized spacial score (nSPS) is 12.3. The van der Waals surface area contributed by atoms with E-state index in [4.69, 9.17) is 0 Å². The maximum atomic E-state index is 12.9. The SMILES string of the molecule is Cc1ccc(C(=O)c2ccc(C)c(C(F)(F)F)c2)cc1C(F)(F)F. The molecule has 0 atom stereocenters. The van der Waals surface area contributed by atoms with Crippen LogP contribution in [-0.2, 0) is 12.4 Å². The molecule has 2 aromatic carbocycles. The zero-order chi connectivity index (χ0) is 18.3. The van der Waals surface area contributed by atoms with Gasteiger partial charge in [-0.3, -0.25) is 4.79 Å². The van der Waals surface area contributed by atoms with Gasteiger partial charge < -0.3 is 0 Å². The fourth-order valence-corrected chi connectivity index (χ4v) is 2.30. The zero-order valence-electron chi connectivity index (χ0n) is 12.6. The van der Waals surface area contributed by atoms with Gasteiger partial charge in [0.2, 0.25) is 0 Å². The van der Waals surface area contributed by atoms with Crippen LogP contribution in [0.2, 0.25) is 0 Å². The second kappa shape index (κ2) is 5.96. The maximum absolute atomic E-state index is 12.9. The van der Waals surface area contributed by atoms with Gasteiger partial charge in [0.15, 0.2) is 5.78 Å². The molecule has 0 heterocycles. The largest absolute Gasteiger partial charge is 0.416 e. The third kappa shape index (κ3) is 3.60. The van der Waals surface area contributed by atoms with Crippen molar-refractivity contribution in [3.05, 3.63) is 69.8 Å². The third-order valence-electron chi connectivity index (χ3n) is 3.61. The van der Waals surface area contributed by atoms with Crippen molar-refractivity contribution >= 4 is 5.78 Å². The molecule has 0 saturated heterocycles. The number of alkyl halides is 6. The molecule has 2 rings (SSSR count). The minimum Gasteiger partial charge on any atom is -0.289 e. The molecule has 0 aliphatic rings. The summed E-state index contributed by atoms with van der Waals surface area (Å²) in [6, 6.07) is 5.89. The lowest BCUT2D eigenvalue weighted by Crippen LogP contribution is -2.12. The predicted octanol–water partition coefficient (Wildman–Crippen LogP) is 5.57. The lowest BCUT2D eigenvalue weighted by atomic mass is 9.96. The highest BCUT2D eigenvalue weighted by Gasteiger charge is 2.34. The van der Waals surface area contributed by atoms with Crippen LogP contribution in [0, 0.1) is 13.8 Å². The van der Waals surface area contributed by atoms with Crippen LogP contribution >= 0.6 is 0 Å². The number of halogens is 6. The smallest absolute Gasteiger partial charge is 0.289 e. The quantitative estimate of drug-likeness (QED) is 0.513. The Hall–Kier alpha value is -2.31. The zero-order valence-corrected chi connectivity index (χ0v) is 12.6. The van der Waals surface area contributed by atoms with Gasteiger partial charge >= 0.3 is 12.4 Å². The first-order valence-corrected chi connectivity index (χ1v) is 6.81. The lowest BCUT2D eigenvalue weighted by Gasteiger charge is -2.13. The molecule has 0 aliphatic carbocycles. The second-order valence-corrected chi connectivity index (χ2v) is 5.38. The number of benzene rings is 2. The molecule has 0 saturated carbocycles. The van der Waals surface area contributed by atoms with Gasteiger partial charge in [0.25, 0.3) is 0 Å². The summed E-state index contributed by atoms with van der Waals surface area (Å²) >= 11 is 0. The van der Waals surface area contributed by atoms with Crippen molar-refractivity contribution in [2.75, 3.05) is 0 Å². The standard InChI is InChI=1S/C17H12F6O/c1-9-3-5-11(7-13(9)16(18,19)20)15(24)12-6-4-10(2)14(8-12)17(21,22)23/h3-8H,1-2H3. The summed E-state index contributed by atoms with van der Waals surface area (Å²) in [5.74, 6) is -0.897. The molecular formula is C17H12F6O. The van der Waals surface area contributed by atoms with E-state index in [1.165, 1.54) is 26.0 Å². The highest BCUT2D eigenvalue weighted by molar-refractivity contribution is 6.09. The third-order valence-corrected chi connectivity index (χ3v) is 3.61. The average Bonchev–Trinajstić information content (AvgIpc) is 2.45. The summed E-state index contributed by atoms with van der Waals surface area (Å²) in [5.41, 5.74) is -2.75. The predicted molar refractivity (Wildman–Crippen MR) is 75.8 cm³/mol. The van der Waals surface area contributed by atoms with E-state index >= 15 is 0 Å². The Bertz CT molecular complexity index is 721. The minimum absolute atomic E-state index is 0.0704. The van der Waals surface area contributed by atoms with Crippen LogP contribution in [-0.4, -0.2) is 5.78 Å². The van der Waals surface area contributed by atoms with Gasteiger partial charge in [0.1, 0.15) is 0 Å². The molecule has 0 unspecified atom stereocenters. The first kappa shape index (κ1) is 18.0. The molecule has 0 spiro atoms. The molecule has 7 heteroatoms. The van der Waals surface area contributed by atoms with Gasteiger partial charge in [-0.05, 0) is 37.1 Å². The van der Waals surface area contributed by atoms with E-state index in [-0.39, 0.29) is 22.3 Å². The first-order chi connectivity index (χ1) is 10.9. The molecule has 0 radical (unpaired) electrons. The number of hydrogen-bond acceptors (Lipinski definition) is 1. The summed E-state index contributed by atoms with van der Waals surface area (Å²) in [7, 11) is 0. The number of carbonyl (C=O) groups excluding carboxylic acids is 1. The van der Waals surface area contributed by atoms with E-state index < -0.39 is 29.3 Å². The summed E-state index contributed by atoms with van der Waals surface area (Å²) in [6.45, 7) is 2.48. The van der Waals surface area contributed by atoms with Crippen LogP contribution in [0.25, 0.3) is 0 Å². The van der Waals surface area contributed by atoms with Crippen LogP contribution in [0.1, 0.15) is 38.2 Å². The molecule has 0 N–H and O–H groups in total. The van der Waals surface area contributed by atoms with Crippen LogP contribution in [0.4, 0.5) is 26.3 Å². The van der Waals surface area contributed by atoms with Crippen molar-refractivity contribution in [2.24, 2.45) is 0 Å². The van der Waals surface area contributed by atoms with Crippen LogP contribution in [0.5, 0.6) is 0 Å². The Balaban J connectivity index is 2.51. The fraction of sp³-hybridized carbons (Fsp3) is 0.235. The average molecular weight is 346 g/mol. The maximum Gasteiger partial charge on any atom is 0.416 e. The fourth-order valence-electron chi connectivity index (χ4n) is 2.30. The van der Waals surface area contributed by atoms with E-state index in [1.54, 1.807) is 0 Å². The van der Waals surface area contributed by atoms with Gasteiger partial charge in [-0.15, -0.1) is 0 Å². The second-order valence-electron chi connectivity index (χ2n) is 5.38. The summed E-state index contributed by atoms with van der Waals surface area (Å²) in [6.07, 6.45) is -9.30. The summed E-state index contributed by atoms with van der Waals surface area (Å²) < 4.78 is 77.4. The van der Waals surface area contributed by atoms with Crippen molar-refractivity contribution in [2.45, 2.75) is 26.2 Å². The van der Waals surface area contributed by atoms with Crippen LogP contribution in [0.15, 0.2) is 36.4 Å². The lowest BCUT2D eigenvalue weighted by molar-refractivity contribution is -0.138. The number of hydrogen-bond donors (Lipinski definition) is 0. The van der Waals surface area contributed by atoms with Gasteiger partial charge in [-0.1, -0.05) is 24.3 Å². The van der Waals surface area contributed by atoms with Gasteiger partial charge in [0.05, 0.1) is 11.1 Å². The Morgan fingerprint density at radius 1 is 0.708 bits per heavy atom. The van der Waals surface area contributed by atoms with Crippen LogP contribution in [0.3, 0.4) is 0 Å². The van der Waals surface area contributed by atoms with Gasteiger partial charge in [-0.25, -0.2) is 0 Å². The summed E-state index contributed by atoms with van der Waals surface area (Å²) in [5, 5.41) is 0. The highest BCUT2D eigenvalue weighted by Crippen LogP contribution is 2.34. The van der Waals surface area contributed by atoms with E-state index in [1.807, 2.05) is 0 Å². The molecule has 0 amide bonds. The van der Waals surface area contributed by atoms with E-state index in [9.17, 15) is 31.1 Å². The topological polar surface area (TPSA) is 17.1 Å². The molecule has 2 aromatic rings. The van der Waals surface area contributed by atoms with Crippen molar-refractivity contribution in [1.82, 2.24) is 0 Å². The minimum atomic E-state index is -4.65. The highest BCUT2D eigenvalue weighted by atomic mass is 19.4. The molecule has 24 heavy (non-hydrogen) atoms. The van der Waals surface area contributed by atoms with Crippen LogP contribution < -0.4 is 0 Å². The van der Waals surface area contributed by atoms with E-state index in [2.05, 4.69) is 0 Å². The monoisotopic (exact) mass is 346 g/mol. The summed E-state index contributed by atoms with van der Waals surface area (Å²) in [4.78, 5) is 12.3. The molecular weight excluding hydrogens is 334 g/mol. The van der Waals surface area contributed by atoms with Crippen molar-refractivity contribution in [3.63, 3.8) is 0 Å². The number of ketones is 1. The molecule has 0 aliphatic heterocycles.